The highest BCUT2D eigenvalue weighted by Gasteiger charge is 2.01. The Kier molecular flexibility index (Phi) is 4.44. The van der Waals surface area contributed by atoms with Gasteiger partial charge < -0.3 is 11.1 Å². The van der Waals surface area contributed by atoms with Crippen molar-refractivity contribution in [3.63, 3.8) is 0 Å². The number of hydrogen-bond donors (Lipinski definition) is 2. The van der Waals surface area contributed by atoms with Gasteiger partial charge in [-0.2, -0.15) is 0 Å². The maximum atomic E-state index is 6.06. The minimum atomic E-state index is 0.613. The van der Waals surface area contributed by atoms with Crippen LogP contribution in [-0.2, 0) is 6.42 Å². The second kappa shape index (κ2) is 6.07. The van der Waals surface area contributed by atoms with E-state index in [1.54, 1.807) is 6.20 Å². The summed E-state index contributed by atoms with van der Waals surface area (Å²) < 4.78 is 0.872. The van der Waals surface area contributed by atoms with Crippen LogP contribution in [0.5, 0.6) is 0 Å². The molecule has 0 spiro atoms. The van der Waals surface area contributed by atoms with Gasteiger partial charge >= 0.3 is 0 Å². The fourth-order valence-electron chi connectivity index (χ4n) is 1.55. The molecule has 0 unspecified atom stereocenters. The molecule has 1 aromatic heterocycles. The zero-order valence-corrected chi connectivity index (χ0v) is 12.0. The van der Waals surface area contributed by atoms with Gasteiger partial charge in [-0.3, -0.25) is 0 Å². The minimum absolute atomic E-state index is 0.613. The Balaban J connectivity index is 1.90. The molecule has 0 fully saturated rings. The van der Waals surface area contributed by atoms with E-state index in [0.717, 1.165) is 23.1 Å². The summed E-state index contributed by atoms with van der Waals surface area (Å²) in [6, 6.07) is 9.67. The quantitative estimate of drug-likeness (QED) is 0.842. The lowest BCUT2D eigenvalue weighted by Crippen LogP contribution is -2.06. The van der Waals surface area contributed by atoms with Gasteiger partial charge in [-0.1, -0.05) is 23.7 Å². The van der Waals surface area contributed by atoms with Crippen LogP contribution in [0.25, 0.3) is 0 Å². The molecule has 2 rings (SSSR count). The van der Waals surface area contributed by atoms with Crippen molar-refractivity contribution in [2.45, 2.75) is 6.42 Å². The average Bonchev–Trinajstić information content (AvgIpc) is 2.34. The highest BCUT2D eigenvalue weighted by molar-refractivity contribution is 9.10. The molecule has 2 aromatic rings. The molecule has 0 amide bonds. The lowest BCUT2D eigenvalue weighted by Gasteiger charge is -2.07. The molecular formula is C13H13BrClN3. The van der Waals surface area contributed by atoms with Crippen molar-refractivity contribution in [1.82, 2.24) is 4.98 Å². The molecule has 0 aliphatic heterocycles. The predicted octanol–water partition coefficient (Wildman–Crippen LogP) is 3.73. The van der Waals surface area contributed by atoms with E-state index in [4.69, 9.17) is 17.3 Å². The van der Waals surface area contributed by atoms with E-state index in [2.05, 4.69) is 26.2 Å². The lowest BCUT2D eigenvalue weighted by molar-refractivity contribution is 1.01. The number of hydrogen-bond acceptors (Lipinski definition) is 3. The van der Waals surface area contributed by atoms with Gasteiger partial charge in [-0.15, -0.1) is 0 Å². The van der Waals surface area contributed by atoms with Crippen LogP contribution in [0.2, 0.25) is 5.02 Å². The summed E-state index contributed by atoms with van der Waals surface area (Å²) in [4.78, 5) is 4.21. The van der Waals surface area contributed by atoms with E-state index in [1.807, 2.05) is 30.3 Å². The van der Waals surface area contributed by atoms with Crippen molar-refractivity contribution >= 4 is 39.0 Å². The van der Waals surface area contributed by atoms with Crippen LogP contribution in [0, 0.1) is 0 Å². The second-order valence-corrected chi connectivity index (χ2v) is 5.23. The summed E-state index contributed by atoms with van der Waals surface area (Å²) in [5.41, 5.74) is 7.64. The van der Waals surface area contributed by atoms with Crippen molar-refractivity contribution < 1.29 is 0 Å². The van der Waals surface area contributed by atoms with Crippen molar-refractivity contribution in [3.05, 3.63) is 51.6 Å². The highest BCUT2D eigenvalue weighted by Crippen LogP contribution is 2.22. The van der Waals surface area contributed by atoms with Crippen molar-refractivity contribution in [3.8, 4) is 0 Å². The standard InChI is InChI=1S/C13H13BrClN3/c14-10-7-12(15)13(18-8-10)17-6-5-9-1-3-11(16)4-2-9/h1-4,7-8H,5-6,16H2,(H,17,18). The third-order valence-corrected chi connectivity index (χ3v) is 3.22. The first-order chi connectivity index (χ1) is 8.65. The van der Waals surface area contributed by atoms with E-state index in [-0.39, 0.29) is 0 Å². The molecule has 5 heteroatoms. The van der Waals surface area contributed by atoms with Gasteiger partial charge in [0.1, 0.15) is 5.82 Å². The van der Waals surface area contributed by atoms with E-state index in [1.165, 1.54) is 5.56 Å². The number of nitrogens with one attached hydrogen (secondary N) is 1. The fraction of sp³-hybridized carbons (Fsp3) is 0.154. The maximum absolute atomic E-state index is 6.06. The van der Waals surface area contributed by atoms with Gasteiger partial charge in [0.05, 0.1) is 5.02 Å². The summed E-state index contributed by atoms with van der Waals surface area (Å²) in [6.07, 6.45) is 2.62. The molecular weight excluding hydrogens is 314 g/mol. The van der Waals surface area contributed by atoms with Crippen LogP contribution < -0.4 is 11.1 Å². The molecule has 3 N–H and O–H groups in total. The zero-order chi connectivity index (χ0) is 13.0. The van der Waals surface area contributed by atoms with E-state index in [9.17, 15) is 0 Å². The number of halogens is 2. The van der Waals surface area contributed by atoms with Crippen LogP contribution >= 0.6 is 27.5 Å². The molecule has 1 heterocycles. The van der Waals surface area contributed by atoms with Crippen LogP contribution in [0.1, 0.15) is 5.56 Å². The predicted molar refractivity (Wildman–Crippen MR) is 80.0 cm³/mol. The fourth-order valence-corrected chi connectivity index (χ4v) is 2.25. The Morgan fingerprint density at radius 2 is 2.00 bits per heavy atom. The van der Waals surface area contributed by atoms with Crippen LogP contribution in [-0.4, -0.2) is 11.5 Å². The molecule has 0 radical (unpaired) electrons. The van der Waals surface area contributed by atoms with E-state index < -0.39 is 0 Å². The number of rotatable bonds is 4. The first-order valence-electron chi connectivity index (χ1n) is 5.54. The number of nitrogens with two attached hydrogens (primary N) is 1. The summed E-state index contributed by atoms with van der Waals surface area (Å²) >= 11 is 9.38. The summed E-state index contributed by atoms with van der Waals surface area (Å²) in [5, 5.41) is 3.82. The monoisotopic (exact) mass is 325 g/mol. The molecule has 3 nitrogen and oxygen atoms in total. The van der Waals surface area contributed by atoms with Gasteiger partial charge in [0.15, 0.2) is 0 Å². The average molecular weight is 327 g/mol. The number of anilines is 2. The molecule has 0 saturated carbocycles. The van der Waals surface area contributed by atoms with Crippen LogP contribution in [0.15, 0.2) is 41.0 Å². The minimum Gasteiger partial charge on any atom is -0.399 e. The molecule has 0 saturated heterocycles. The summed E-state index contributed by atoms with van der Waals surface area (Å²) in [5.74, 6) is 0.704. The topological polar surface area (TPSA) is 50.9 Å². The van der Waals surface area contributed by atoms with E-state index >= 15 is 0 Å². The maximum Gasteiger partial charge on any atom is 0.144 e. The van der Waals surface area contributed by atoms with Gasteiger partial charge in [0.25, 0.3) is 0 Å². The summed E-state index contributed by atoms with van der Waals surface area (Å²) in [6.45, 7) is 0.776. The van der Waals surface area contributed by atoms with Crippen molar-refractivity contribution in [2.24, 2.45) is 0 Å². The molecule has 0 bridgehead atoms. The largest absolute Gasteiger partial charge is 0.399 e. The van der Waals surface area contributed by atoms with Crippen LogP contribution in [0.3, 0.4) is 0 Å². The van der Waals surface area contributed by atoms with Gasteiger partial charge in [0.2, 0.25) is 0 Å². The normalized spacial score (nSPS) is 10.3. The molecule has 0 atom stereocenters. The number of pyridine rings is 1. The van der Waals surface area contributed by atoms with E-state index in [0.29, 0.717) is 10.8 Å². The molecule has 0 aliphatic rings. The zero-order valence-electron chi connectivity index (χ0n) is 9.66. The SMILES string of the molecule is Nc1ccc(CCNc2ncc(Br)cc2Cl)cc1. The summed E-state index contributed by atoms with van der Waals surface area (Å²) in [7, 11) is 0. The number of nitrogens with zero attached hydrogens (tertiary/aromatic N) is 1. The first-order valence-corrected chi connectivity index (χ1v) is 6.71. The molecule has 0 aliphatic carbocycles. The second-order valence-electron chi connectivity index (χ2n) is 3.90. The lowest BCUT2D eigenvalue weighted by atomic mass is 10.1. The Labute approximate surface area is 119 Å². The first kappa shape index (κ1) is 13.2. The number of benzene rings is 1. The molecule has 18 heavy (non-hydrogen) atoms. The van der Waals surface area contributed by atoms with Crippen molar-refractivity contribution in [1.29, 1.82) is 0 Å². The van der Waals surface area contributed by atoms with Gasteiger partial charge in [-0.25, -0.2) is 4.98 Å². The third-order valence-electron chi connectivity index (χ3n) is 2.49. The molecule has 1 aromatic carbocycles. The Hall–Kier alpha value is -1.26. The third kappa shape index (κ3) is 3.62. The van der Waals surface area contributed by atoms with Crippen LogP contribution in [0.4, 0.5) is 11.5 Å². The van der Waals surface area contributed by atoms with Gasteiger partial charge in [-0.05, 0) is 46.1 Å². The Morgan fingerprint density at radius 1 is 1.28 bits per heavy atom. The smallest absolute Gasteiger partial charge is 0.144 e. The van der Waals surface area contributed by atoms with Gasteiger partial charge in [0, 0.05) is 22.9 Å². The number of nitrogen functional groups attached to an aromatic ring is 1. The highest BCUT2D eigenvalue weighted by atomic mass is 79.9. The Bertz CT molecular complexity index is 528. The van der Waals surface area contributed by atoms with Crippen molar-refractivity contribution in [2.75, 3.05) is 17.6 Å². The Morgan fingerprint density at radius 3 is 2.67 bits per heavy atom. The molecule has 94 valence electrons. The number of aromatic nitrogens is 1.